The molecule has 96 valence electrons. The number of hydrogen-bond acceptors (Lipinski definition) is 3. The first-order valence-electron chi connectivity index (χ1n) is 5.15. The van der Waals surface area contributed by atoms with Gasteiger partial charge in [-0.05, 0) is 27.7 Å². The van der Waals surface area contributed by atoms with Gasteiger partial charge in [-0.1, -0.05) is 0 Å². The van der Waals surface area contributed by atoms with E-state index in [1.54, 1.807) is 27.7 Å². The quantitative estimate of drug-likeness (QED) is 0.813. The number of amides is 1. The molecule has 0 saturated heterocycles. The van der Waals surface area contributed by atoms with Crippen molar-refractivity contribution in [2.75, 3.05) is 13.1 Å². The number of alkyl halides is 2. The van der Waals surface area contributed by atoms with E-state index in [9.17, 15) is 13.6 Å². The molecule has 0 aliphatic heterocycles. The number of rotatable bonds is 4. The van der Waals surface area contributed by atoms with Crippen LogP contribution < -0.4 is 5.73 Å². The first kappa shape index (κ1) is 15.1. The Hall–Kier alpha value is -0.910. The van der Waals surface area contributed by atoms with E-state index in [0.717, 1.165) is 4.90 Å². The Morgan fingerprint density at radius 1 is 1.44 bits per heavy atom. The van der Waals surface area contributed by atoms with E-state index in [0.29, 0.717) is 0 Å². The molecule has 6 heteroatoms. The zero-order chi connectivity index (χ0) is 12.9. The molecule has 0 aromatic carbocycles. The van der Waals surface area contributed by atoms with Crippen LogP contribution in [0.5, 0.6) is 0 Å². The van der Waals surface area contributed by atoms with E-state index in [1.807, 2.05) is 0 Å². The maximum atomic E-state index is 12.3. The third kappa shape index (κ3) is 5.85. The van der Waals surface area contributed by atoms with Gasteiger partial charge in [-0.15, -0.1) is 0 Å². The number of carbonyl (C=O) groups is 1. The largest absolute Gasteiger partial charge is 0.444 e. The molecule has 0 bridgehead atoms. The van der Waals surface area contributed by atoms with E-state index >= 15 is 0 Å². The van der Waals surface area contributed by atoms with Crippen molar-refractivity contribution in [2.24, 2.45) is 5.73 Å². The Kier molecular flexibility index (Phi) is 5.64. The maximum Gasteiger partial charge on any atom is 0.410 e. The van der Waals surface area contributed by atoms with E-state index < -0.39 is 30.7 Å². The molecule has 0 spiro atoms. The summed E-state index contributed by atoms with van der Waals surface area (Å²) in [7, 11) is 0. The minimum absolute atomic E-state index is 0.117. The van der Waals surface area contributed by atoms with Crippen LogP contribution >= 0.6 is 0 Å². The van der Waals surface area contributed by atoms with Crippen LogP contribution in [0.4, 0.5) is 13.6 Å². The number of carbonyl (C=O) groups excluding carboxylic acids is 1. The van der Waals surface area contributed by atoms with E-state index in [-0.39, 0.29) is 6.54 Å². The van der Waals surface area contributed by atoms with Crippen molar-refractivity contribution >= 4 is 6.09 Å². The van der Waals surface area contributed by atoms with E-state index in [1.165, 1.54) is 0 Å². The summed E-state index contributed by atoms with van der Waals surface area (Å²) < 4.78 is 29.6. The fourth-order valence-corrected chi connectivity index (χ4v) is 1.03. The minimum Gasteiger partial charge on any atom is -0.444 e. The van der Waals surface area contributed by atoms with Crippen LogP contribution in [-0.2, 0) is 4.74 Å². The van der Waals surface area contributed by atoms with Crippen LogP contribution in [-0.4, -0.2) is 42.2 Å². The highest BCUT2D eigenvalue weighted by molar-refractivity contribution is 5.68. The summed E-state index contributed by atoms with van der Waals surface area (Å²) in [6, 6.07) is -0.469. The second-order valence-corrected chi connectivity index (χ2v) is 4.61. The van der Waals surface area contributed by atoms with Gasteiger partial charge in [0.1, 0.15) is 5.60 Å². The van der Waals surface area contributed by atoms with Gasteiger partial charge in [-0.3, -0.25) is 4.90 Å². The SMILES string of the molecule is C[C@@H](CN)N(CC(F)F)C(=O)OC(C)(C)C. The highest BCUT2D eigenvalue weighted by atomic mass is 19.3. The van der Waals surface area contributed by atoms with Gasteiger partial charge in [-0.25, -0.2) is 13.6 Å². The number of nitrogens with two attached hydrogens (primary N) is 1. The first-order chi connectivity index (χ1) is 7.17. The smallest absolute Gasteiger partial charge is 0.410 e. The molecule has 1 atom stereocenters. The third-order valence-electron chi connectivity index (χ3n) is 1.84. The molecule has 0 rings (SSSR count). The summed E-state index contributed by atoms with van der Waals surface area (Å²) in [5.41, 5.74) is 4.65. The van der Waals surface area contributed by atoms with Crippen LogP contribution in [0.1, 0.15) is 27.7 Å². The van der Waals surface area contributed by atoms with Crippen LogP contribution in [0.3, 0.4) is 0 Å². The van der Waals surface area contributed by atoms with Gasteiger partial charge in [0, 0.05) is 12.6 Å². The summed E-state index contributed by atoms with van der Waals surface area (Å²) in [6.07, 6.45) is -3.35. The molecule has 0 radical (unpaired) electrons. The molecule has 0 saturated carbocycles. The topological polar surface area (TPSA) is 55.6 Å². The van der Waals surface area contributed by atoms with Crippen LogP contribution in [0.15, 0.2) is 0 Å². The van der Waals surface area contributed by atoms with Crippen molar-refractivity contribution in [1.29, 1.82) is 0 Å². The molecule has 0 aliphatic rings. The van der Waals surface area contributed by atoms with Gasteiger partial charge in [-0.2, -0.15) is 0 Å². The number of nitrogens with zero attached hydrogens (tertiary/aromatic N) is 1. The molecule has 0 aromatic rings. The van der Waals surface area contributed by atoms with Gasteiger partial charge >= 0.3 is 6.09 Å². The zero-order valence-electron chi connectivity index (χ0n) is 10.2. The lowest BCUT2D eigenvalue weighted by atomic mass is 10.2. The monoisotopic (exact) mass is 238 g/mol. The van der Waals surface area contributed by atoms with Gasteiger partial charge in [0.05, 0.1) is 6.54 Å². The highest BCUT2D eigenvalue weighted by Crippen LogP contribution is 2.13. The van der Waals surface area contributed by atoms with Gasteiger partial charge in [0.15, 0.2) is 0 Å². The van der Waals surface area contributed by atoms with E-state index in [4.69, 9.17) is 10.5 Å². The minimum atomic E-state index is -2.60. The second-order valence-electron chi connectivity index (χ2n) is 4.61. The van der Waals surface area contributed by atoms with Crippen molar-refractivity contribution in [3.05, 3.63) is 0 Å². The first-order valence-corrected chi connectivity index (χ1v) is 5.15. The Morgan fingerprint density at radius 3 is 2.25 bits per heavy atom. The maximum absolute atomic E-state index is 12.3. The Bertz CT molecular complexity index is 229. The summed E-state index contributed by atoms with van der Waals surface area (Å²) in [5.74, 6) is 0. The molecule has 1 amide bonds. The predicted octanol–water partition coefficient (Wildman–Crippen LogP) is 1.84. The molecule has 0 aliphatic carbocycles. The third-order valence-corrected chi connectivity index (χ3v) is 1.84. The molecule has 0 fully saturated rings. The molecule has 0 unspecified atom stereocenters. The lowest BCUT2D eigenvalue weighted by Crippen LogP contribution is -2.47. The summed E-state index contributed by atoms with van der Waals surface area (Å²) in [4.78, 5) is 12.6. The van der Waals surface area contributed by atoms with Crippen molar-refractivity contribution in [3.8, 4) is 0 Å². The average Bonchev–Trinajstić information content (AvgIpc) is 2.09. The Labute approximate surface area is 94.7 Å². The highest BCUT2D eigenvalue weighted by Gasteiger charge is 2.27. The van der Waals surface area contributed by atoms with Crippen molar-refractivity contribution in [2.45, 2.75) is 45.8 Å². The zero-order valence-corrected chi connectivity index (χ0v) is 10.2. The lowest BCUT2D eigenvalue weighted by Gasteiger charge is -2.30. The molecule has 2 N–H and O–H groups in total. The predicted molar refractivity (Wildman–Crippen MR) is 57.5 cm³/mol. The number of hydrogen-bond donors (Lipinski definition) is 1. The Morgan fingerprint density at radius 2 is 1.94 bits per heavy atom. The normalized spacial score (nSPS) is 13.8. The van der Waals surface area contributed by atoms with Crippen molar-refractivity contribution in [1.82, 2.24) is 4.90 Å². The van der Waals surface area contributed by atoms with Crippen molar-refractivity contribution < 1.29 is 18.3 Å². The van der Waals surface area contributed by atoms with Gasteiger partial charge in [0.2, 0.25) is 0 Å². The van der Waals surface area contributed by atoms with Gasteiger partial charge in [0.25, 0.3) is 6.43 Å². The summed E-state index contributed by atoms with van der Waals surface area (Å²) >= 11 is 0. The number of ether oxygens (including phenoxy) is 1. The fourth-order valence-electron chi connectivity index (χ4n) is 1.03. The van der Waals surface area contributed by atoms with Crippen LogP contribution in [0, 0.1) is 0 Å². The fraction of sp³-hybridized carbons (Fsp3) is 0.900. The molecular weight excluding hydrogens is 218 g/mol. The standard InChI is InChI=1S/C10H20F2N2O2/c1-7(5-13)14(6-8(11)12)9(15)16-10(2,3)4/h7-8H,5-6,13H2,1-4H3/t7-/m0/s1. The van der Waals surface area contributed by atoms with Crippen LogP contribution in [0.25, 0.3) is 0 Å². The summed E-state index contributed by atoms with van der Waals surface area (Å²) in [6.45, 7) is 6.10. The lowest BCUT2D eigenvalue weighted by molar-refractivity contribution is 0.00180. The molecule has 0 aromatic heterocycles. The molecular formula is C10H20F2N2O2. The van der Waals surface area contributed by atoms with Crippen molar-refractivity contribution in [3.63, 3.8) is 0 Å². The van der Waals surface area contributed by atoms with E-state index in [2.05, 4.69) is 0 Å². The molecule has 0 heterocycles. The number of halogens is 2. The van der Waals surface area contributed by atoms with Gasteiger partial charge < -0.3 is 10.5 Å². The average molecular weight is 238 g/mol. The second kappa shape index (κ2) is 5.98. The Balaban J connectivity index is 4.56. The molecule has 16 heavy (non-hydrogen) atoms. The van der Waals surface area contributed by atoms with Crippen LogP contribution in [0.2, 0.25) is 0 Å². The molecule has 4 nitrogen and oxygen atoms in total. The summed E-state index contributed by atoms with van der Waals surface area (Å²) in [5, 5.41) is 0.